The van der Waals surface area contributed by atoms with E-state index in [1.165, 1.54) is 0 Å². The first kappa shape index (κ1) is 19.6. The van der Waals surface area contributed by atoms with Crippen molar-refractivity contribution in [3.05, 3.63) is 76.4 Å². The van der Waals surface area contributed by atoms with E-state index >= 15 is 0 Å². The van der Waals surface area contributed by atoms with Crippen LogP contribution in [0.25, 0.3) is 33.1 Å². The van der Waals surface area contributed by atoms with Crippen molar-refractivity contribution in [3.8, 4) is 11.3 Å². The summed E-state index contributed by atoms with van der Waals surface area (Å²) in [6.45, 7) is 2.04. The molecule has 3 N–H and O–H groups in total. The zero-order chi connectivity index (χ0) is 22.2. The molecule has 0 aliphatic rings. The molecule has 160 valence electrons. The van der Waals surface area contributed by atoms with E-state index in [1.807, 2.05) is 48.5 Å². The lowest BCUT2D eigenvalue weighted by Crippen LogP contribution is -2.29. The van der Waals surface area contributed by atoms with Gasteiger partial charge in [0.25, 0.3) is 5.56 Å². The van der Waals surface area contributed by atoms with Crippen LogP contribution in [0, 0.1) is 0 Å². The lowest BCUT2D eigenvalue weighted by molar-refractivity contribution is 0.202. The highest BCUT2D eigenvalue weighted by Crippen LogP contribution is 2.28. The fraction of sp³-hybridized carbons (Fsp3) is 0.130. The van der Waals surface area contributed by atoms with Crippen molar-refractivity contribution in [2.75, 3.05) is 11.4 Å². The first-order chi connectivity index (χ1) is 15.5. The van der Waals surface area contributed by atoms with E-state index in [0.29, 0.717) is 34.4 Å². The molecule has 0 fully saturated rings. The molecule has 9 heteroatoms. The molecule has 3 heterocycles. The van der Waals surface area contributed by atoms with Gasteiger partial charge in [0.2, 0.25) is 5.95 Å². The van der Waals surface area contributed by atoms with Crippen molar-refractivity contribution in [1.29, 1.82) is 0 Å². The molecule has 0 saturated carbocycles. The third kappa shape index (κ3) is 3.39. The predicted octanol–water partition coefficient (Wildman–Crippen LogP) is 4.15. The summed E-state index contributed by atoms with van der Waals surface area (Å²) in [5.41, 5.74) is 2.71. The van der Waals surface area contributed by atoms with Gasteiger partial charge in [0.1, 0.15) is 11.5 Å². The van der Waals surface area contributed by atoms with Crippen LogP contribution in [-0.4, -0.2) is 37.9 Å². The van der Waals surface area contributed by atoms with E-state index in [9.17, 15) is 14.7 Å². The van der Waals surface area contributed by atoms with Gasteiger partial charge >= 0.3 is 6.09 Å². The number of H-pyrrole nitrogens is 2. The Morgan fingerprint density at radius 3 is 2.72 bits per heavy atom. The largest absolute Gasteiger partial charge is 0.465 e. The van der Waals surface area contributed by atoms with E-state index in [-0.39, 0.29) is 18.1 Å². The molecule has 9 nitrogen and oxygen atoms in total. The number of anilines is 1. The Labute approximate surface area is 181 Å². The molecule has 0 saturated heterocycles. The first-order valence-corrected chi connectivity index (χ1v) is 10.1. The average molecular weight is 429 g/mol. The second kappa shape index (κ2) is 7.69. The summed E-state index contributed by atoms with van der Waals surface area (Å²) in [4.78, 5) is 31.9. The van der Waals surface area contributed by atoms with Crippen LogP contribution in [0.1, 0.15) is 18.4 Å². The quantitative estimate of drug-likeness (QED) is 0.385. The second-order valence-electron chi connectivity index (χ2n) is 7.31. The summed E-state index contributed by atoms with van der Waals surface area (Å²) in [6, 6.07) is 16.7. The number of rotatable bonds is 5. The van der Waals surface area contributed by atoms with Crippen LogP contribution >= 0.6 is 0 Å². The molecular weight excluding hydrogens is 410 g/mol. The predicted molar refractivity (Wildman–Crippen MR) is 120 cm³/mol. The van der Waals surface area contributed by atoms with Crippen LogP contribution in [-0.2, 0) is 6.42 Å². The van der Waals surface area contributed by atoms with Crippen molar-refractivity contribution < 1.29 is 14.3 Å². The van der Waals surface area contributed by atoms with Gasteiger partial charge in [-0.15, -0.1) is 0 Å². The summed E-state index contributed by atoms with van der Waals surface area (Å²) in [6.07, 6.45) is -0.636. The number of carboxylic acid groups (broad SMARTS) is 1. The van der Waals surface area contributed by atoms with Crippen molar-refractivity contribution in [2.45, 2.75) is 13.3 Å². The van der Waals surface area contributed by atoms with Gasteiger partial charge in [0.05, 0.1) is 28.5 Å². The third-order valence-corrected chi connectivity index (χ3v) is 5.34. The van der Waals surface area contributed by atoms with E-state index in [4.69, 9.17) is 4.42 Å². The van der Waals surface area contributed by atoms with E-state index in [0.717, 1.165) is 21.5 Å². The fourth-order valence-corrected chi connectivity index (χ4v) is 3.75. The maximum atomic E-state index is 12.0. The van der Waals surface area contributed by atoms with Gasteiger partial charge < -0.3 is 14.5 Å². The lowest BCUT2D eigenvalue weighted by Gasteiger charge is -2.12. The van der Waals surface area contributed by atoms with E-state index in [2.05, 4.69) is 20.2 Å². The average Bonchev–Trinajstić information content (AvgIpc) is 3.42. The number of imidazole rings is 1. The molecule has 0 aliphatic heterocycles. The number of amides is 1. The molecular formula is C23H19N5O4. The molecule has 0 bridgehead atoms. The number of nitrogens with zero attached hydrogens (tertiary/aromatic N) is 3. The highest BCUT2D eigenvalue weighted by molar-refractivity contribution is 5.88. The molecule has 32 heavy (non-hydrogen) atoms. The fourth-order valence-electron chi connectivity index (χ4n) is 3.75. The van der Waals surface area contributed by atoms with Crippen molar-refractivity contribution >= 4 is 33.8 Å². The Morgan fingerprint density at radius 1 is 1.12 bits per heavy atom. The Kier molecular flexibility index (Phi) is 4.70. The maximum Gasteiger partial charge on any atom is 0.414 e. The van der Waals surface area contributed by atoms with Crippen molar-refractivity contribution in [2.24, 2.45) is 0 Å². The number of furan rings is 1. The molecule has 0 spiro atoms. The first-order valence-electron chi connectivity index (χ1n) is 10.1. The van der Waals surface area contributed by atoms with Crippen molar-refractivity contribution in [1.82, 2.24) is 20.2 Å². The molecule has 1 amide bonds. The van der Waals surface area contributed by atoms with Gasteiger partial charge in [-0.2, -0.15) is 5.10 Å². The molecule has 0 atom stereocenters. The zero-order valence-corrected chi connectivity index (χ0v) is 17.1. The van der Waals surface area contributed by atoms with Crippen LogP contribution in [0.2, 0.25) is 0 Å². The van der Waals surface area contributed by atoms with Crippen LogP contribution in [0.4, 0.5) is 10.7 Å². The Balaban J connectivity index is 1.45. The topological polar surface area (TPSA) is 128 Å². The monoisotopic (exact) mass is 429 g/mol. The number of hydrogen-bond acceptors (Lipinski definition) is 5. The zero-order valence-electron chi connectivity index (χ0n) is 17.1. The Morgan fingerprint density at radius 2 is 1.94 bits per heavy atom. The number of hydrogen-bond donors (Lipinski definition) is 3. The lowest BCUT2D eigenvalue weighted by atomic mass is 10.1. The third-order valence-electron chi connectivity index (χ3n) is 5.34. The van der Waals surface area contributed by atoms with Crippen LogP contribution in [0.15, 0.2) is 63.8 Å². The van der Waals surface area contributed by atoms with Crippen LogP contribution in [0.3, 0.4) is 0 Å². The smallest absolute Gasteiger partial charge is 0.414 e. The highest BCUT2D eigenvalue weighted by Gasteiger charge is 2.17. The molecule has 5 rings (SSSR count). The number of nitrogens with one attached hydrogen (secondary N) is 2. The molecule has 5 aromatic rings. The molecule has 0 unspecified atom stereocenters. The SMILES string of the molecule is CCN(C(=O)O)c1nc2ccc(-c3ccc(Cc4n[nH]c(=O)c5ccccc45)o3)cc2[nH]1. The summed E-state index contributed by atoms with van der Waals surface area (Å²) in [5, 5.41) is 17.4. The summed E-state index contributed by atoms with van der Waals surface area (Å²) in [5.74, 6) is 1.65. The van der Waals surface area contributed by atoms with Gasteiger partial charge in [0, 0.05) is 17.5 Å². The molecule has 0 radical (unpaired) electrons. The number of carbonyl (C=O) groups is 1. The highest BCUT2D eigenvalue weighted by atomic mass is 16.4. The minimum absolute atomic E-state index is 0.221. The number of fused-ring (bicyclic) bond motifs is 2. The van der Waals surface area contributed by atoms with Gasteiger partial charge in [-0.05, 0) is 43.3 Å². The van der Waals surface area contributed by atoms with E-state index in [1.54, 1.807) is 13.0 Å². The van der Waals surface area contributed by atoms with Crippen molar-refractivity contribution in [3.63, 3.8) is 0 Å². The second-order valence-corrected chi connectivity index (χ2v) is 7.31. The Bertz CT molecular complexity index is 1510. The number of aromatic nitrogens is 4. The standard InChI is InChI=1S/C23H19N5O4/c1-2-28(23(30)31)22-24-17-9-7-13(11-19(17)25-22)20-10-8-14(32-20)12-18-15-5-3-4-6-16(15)21(29)27-26-18/h3-11H,2,12H2,1H3,(H,24,25)(H,27,29)(H,30,31). The summed E-state index contributed by atoms with van der Waals surface area (Å²) < 4.78 is 6.04. The summed E-state index contributed by atoms with van der Waals surface area (Å²) in [7, 11) is 0. The normalized spacial score (nSPS) is 11.3. The van der Waals surface area contributed by atoms with Gasteiger partial charge in [-0.1, -0.05) is 18.2 Å². The molecule has 2 aromatic carbocycles. The van der Waals surface area contributed by atoms with E-state index < -0.39 is 6.09 Å². The molecule has 3 aromatic heterocycles. The minimum Gasteiger partial charge on any atom is -0.465 e. The Hall–Kier alpha value is -4.40. The summed E-state index contributed by atoms with van der Waals surface area (Å²) >= 11 is 0. The van der Waals surface area contributed by atoms with Crippen LogP contribution < -0.4 is 10.5 Å². The number of benzene rings is 2. The van der Waals surface area contributed by atoms with Gasteiger partial charge in [-0.3, -0.25) is 4.79 Å². The van der Waals surface area contributed by atoms with Crippen LogP contribution in [0.5, 0.6) is 0 Å². The number of aromatic amines is 2. The van der Waals surface area contributed by atoms with Gasteiger partial charge in [-0.25, -0.2) is 19.8 Å². The molecule has 0 aliphatic carbocycles. The van der Waals surface area contributed by atoms with Gasteiger partial charge in [0.15, 0.2) is 0 Å². The minimum atomic E-state index is -1.06. The maximum absolute atomic E-state index is 12.0.